The molecule has 2 saturated heterocycles. The zero-order chi connectivity index (χ0) is 34.7. The first-order valence-corrected chi connectivity index (χ1v) is 17.0. The summed E-state index contributed by atoms with van der Waals surface area (Å²) < 4.78 is 38.9. The largest absolute Gasteiger partial charge is 0.455 e. The van der Waals surface area contributed by atoms with Crippen molar-refractivity contribution >= 4 is 46.5 Å². The summed E-state index contributed by atoms with van der Waals surface area (Å²) in [5.74, 6) is -1.56. The third-order valence-electron chi connectivity index (χ3n) is 9.37. The van der Waals surface area contributed by atoms with Crippen LogP contribution in [0.2, 0.25) is 10.0 Å². The maximum Gasteiger partial charge on any atom is 0.455 e. The molecule has 1 unspecified atom stereocenters. The lowest BCUT2D eigenvalue weighted by Crippen LogP contribution is -2.42. The third-order valence-corrected chi connectivity index (χ3v) is 9.92. The molecule has 2 N–H and O–H groups in total. The summed E-state index contributed by atoms with van der Waals surface area (Å²) in [5, 5.41) is 0.943. The fourth-order valence-electron chi connectivity index (χ4n) is 6.73. The van der Waals surface area contributed by atoms with Gasteiger partial charge in [-0.1, -0.05) is 23.2 Å². The van der Waals surface area contributed by atoms with E-state index >= 15 is 0 Å². The number of halogens is 5. The van der Waals surface area contributed by atoms with Gasteiger partial charge in [-0.25, -0.2) is 9.97 Å². The van der Waals surface area contributed by atoms with Crippen LogP contribution in [0.25, 0.3) is 11.3 Å². The molecule has 48 heavy (non-hydrogen) atoms. The molecular formula is C35H41Cl2F3N6O2. The number of alkyl halides is 3. The maximum atomic E-state index is 14.1. The number of hydrogen-bond donors (Lipinski definition) is 1. The van der Waals surface area contributed by atoms with E-state index in [-0.39, 0.29) is 11.8 Å². The molecule has 2 aliphatic rings. The van der Waals surface area contributed by atoms with Gasteiger partial charge in [-0.3, -0.25) is 9.59 Å². The van der Waals surface area contributed by atoms with Crippen molar-refractivity contribution in [2.75, 3.05) is 50.4 Å². The number of ketones is 1. The summed E-state index contributed by atoms with van der Waals surface area (Å²) in [6.07, 6.45) is -0.895. The van der Waals surface area contributed by atoms with Crippen molar-refractivity contribution in [3.8, 4) is 11.3 Å². The summed E-state index contributed by atoms with van der Waals surface area (Å²) in [6, 6.07) is 11.8. The number of Topliss-reactive ketones (excluding diaryl/α,β-unsaturated/α-hetero) is 1. The molecule has 1 aromatic carbocycles. The van der Waals surface area contributed by atoms with Gasteiger partial charge in [0.1, 0.15) is 11.6 Å². The Hall–Kier alpha value is -3.41. The Bertz CT molecular complexity index is 1640. The lowest BCUT2D eigenvalue weighted by atomic mass is 9.92. The highest BCUT2D eigenvalue weighted by Crippen LogP contribution is 2.34. The molecule has 5 rings (SSSR count). The number of nitrogen functional groups attached to an aromatic ring is 1. The standard InChI is InChI=1S/C35H41Cl2F3N6O2/c1-21(2)45-15-12-22(13-16-45)19-44(3)34(48)28-10-11-30(26-8-6-24(36)18-29(26)37)43-33(28)46-14-4-5-23(20-46)17-25-7-9-27(32(41)42-25)31(47)35(38,39)40/h6-11,18,21-23H,4-5,12-17,19-20H2,1-3H3,(H2,41,42). The lowest BCUT2D eigenvalue weighted by molar-refractivity contribution is -0.0884. The molecule has 2 fully saturated rings. The molecule has 1 atom stereocenters. The average molecular weight is 706 g/mol. The molecule has 8 nitrogen and oxygen atoms in total. The van der Waals surface area contributed by atoms with Gasteiger partial charge < -0.3 is 20.4 Å². The topological polar surface area (TPSA) is 95.7 Å². The maximum absolute atomic E-state index is 14.1. The molecule has 0 spiro atoms. The van der Waals surface area contributed by atoms with Gasteiger partial charge in [-0.05, 0) is 113 Å². The van der Waals surface area contributed by atoms with Crippen molar-refractivity contribution in [1.82, 2.24) is 19.8 Å². The number of pyridine rings is 2. The van der Waals surface area contributed by atoms with Gasteiger partial charge in [0.15, 0.2) is 0 Å². The fourth-order valence-corrected chi connectivity index (χ4v) is 7.23. The second kappa shape index (κ2) is 15.0. The Kier molecular flexibility index (Phi) is 11.2. The Morgan fingerprint density at radius 1 is 0.979 bits per heavy atom. The number of nitrogens with two attached hydrogens (primary N) is 1. The molecule has 258 valence electrons. The fraction of sp³-hybridized carbons (Fsp3) is 0.486. The van der Waals surface area contributed by atoms with Crippen LogP contribution in [0.4, 0.5) is 24.8 Å². The minimum Gasteiger partial charge on any atom is -0.383 e. The van der Waals surface area contributed by atoms with Crippen molar-refractivity contribution in [2.45, 2.75) is 58.2 Å². The number of carbonyl (C=O) groups is 2. The first kappa shape index (κ1) is 35.9. The number of likely N-dealkylation sites (tertiary alicyclic amines) is 1. The van der Waals surface area contributed by atoms with Gasteiger partial charge in [0.25, 0.3) is 11.7 Å². The Labute approximate surface area is 289 Å². The van der Waals surface area contributed by atoms with Crippen LogP contribution in [0, 0.1) is 11.8 Å². The van der Waals surface area contributed by atoms with Gasteiger partial charge in [0.05, 0.1) is 21.8 Å². The minimum atomic E-state index is -5.03. The molecule has 2 aromatic heterocycles. The van der Waals surface area contributed by atoms with Gasteiger partial charge >= 0.3 is 6.18 Å². The van der Waals surface area contributed by atoms with E-state index < -0.39 is 23.3 Å². The predicted octanol–water partition coefficient (Wildman–Crippen LogP) is 7.43. The Morgan fingerprint density at radius 3 is 2.33 bits per heavy atom. The summed E-state index contributed by atoms with van der Waals surface area (Å²) in [6.45, 7) is 8.30. The molecular weight excluding hydrogens is 664 g/mol. The second-order valence-electron chi connectivity index (χ2n) is 13.2. The van der Waals surface area contributed by atoms with E-state index in [2.05, 4.69) is 28.6 Å². The highest BCUT2D eigenvalue weighted by atomic mass is 35.5. The van der Waals surface area contributed by atoms with Gasteiger partial charge in [-0.15, -0.1) is 0 Å². The van der Waals surface area contributed by atoms with E-state index in [9.17, 15) is 22.8 Å². The van der Waals surface area contributed by atoms with Crippen LogP contribution in [0.5, 0.6) is 0 Å². The van der Waals surface area contributed by atoms with Crippen LogP contribution in [0.15, 0.2) is 42.5 Å². The van der Waals surface area contributed by atoms with Crippen LogP contribution in [0.1, 0.15) is 65.9 Å². The quantitative estimate of drug-likeness (QED) is 0.232. The molecule has 0 radical (unpaired) electrons. The average Bonchev–Trinajstić information content (AvgIpc) is 3.04. The van der Waals surface area contributed by atoms with Crippen molar-refractivity contribution in [3.05, 3.63) is 69.3 Å². The molecule has 0 saturated carbocycles. The Morgan fingerprint density at radius 2 is 1.69 bits per heavy atom. The van der Waals surface area contributed by atoms with Crippen molar-refractivity contribution in [2.24, 2.45) is 11.8 Å². The Balaban J connectivity index is 1.39. The van der Waals surface area contributed by atoms with Gasteiger partial charge in [0, 0.05) is 49.0 Å². The molecule has 0 bridgehead atoms. The molecule has 1 amide bonds. The minimum absolute atomic E-state index is 0.0474. The normalized spacial score (nSPS) is 17.9. The summed E-state index contributed by atoms with van der Waals surface area (Å²) in [7, 11) is 1.84. The molecule has 0 aliphatic carbocycles. The smallest absolute Gasteiger partial charge is 0.383 e. The zero-order valence-electron chi connectivity index (χ0n) is 27.4. The number of amides is 1. The monoisotopic (exact) mass is 704 g/mol. The van der Waals surface area contributed by atoms with E-state index in [1.165, 1.54) is 6.07 Å². The first-order chi connectivity index (χ1) is 22.7. The van der Waals surface area contributed by atoms with E-state index in [1.807, 2.05) is 13.1 Å². The van der Waals surface area contributed by atoms with Gasteiger partial charge in [0.2, 0.25) is 0 Å². The number of piperidine rings is 2. The summed E-state index contributed by atoms with van der Waals surface area (Å²) in [4.78, 5) is 41.3. The molecule has 3 aromatic rings. The number of rotatable bonds is 9. The number of hydrogen-bond acceptors (Lipinski definition) is 7. The number of anilines is 2. The van der Waals surface area contributed by atoms with E-state index in [4.69, 9.17) is 33.9 Å². The van der Waals surface area contributed by atoms with Crippen molar-refractivity contribution in [3.63, 3.8) is 0 Å². The van der Waals surface area contributed by atoms with Gasteiger partial charge in [-0.2, -0.15) is 13.2 Å². The van der Waals surface area contributed by atoms with Crippen LogP contribution >= 0.6 is 23.2 Å². The van der Waals surface area contributed by atoms with Crippen LogP contribution in [-0.4, -0.2) is 83.4 Å². The third kappa shape index (κ3) is 8.41. The summed E-state index contributed by atoms with van der Waals surface area (Å²) in [5.41, 5.74) is 7.41. The first-order valence-electron chi connectivity index (χ1n) is 16.3. The number of benzene rings is 1. The van der Waals surface area contributed by atoms with Crippen LogP contribution in [0.3, 0.4) is 0 Å². The van der Waals surface area contributed by atoms with E-state index in [0.29, 0.717) is 76.4 Å². The zero-order valence-corrected chi connectivity index (χ0v) is 28.9. The highest BCUT2D eigenvalue weighted by molar-refractivity contribution is 6.36. The molecule has 2 aliphatic heterocycles. The molecule has 4 heterocycles. The van der Waals surface area contributed by atoms with E-state index in [0.717, 1.165) is 44.8 Å². The summed E-state index contributed by atoms with van der Waals surface area (Å²) >= 11 is 12.7. The number of nitrogens with zero attached hydrogens (tertiary/aromatic N) is 5. The lowest BCUT2D eigenvalue weighted by Gasteiger charge is -2.37. The van der Waals surface area contributed by atoms with Crippen LogP contribution < -0.4 is 10.6 Å². The predicted molar refractivity (Wildman–Crippen MR) is 184 cm³/mol. The SMILES string of the molecule is CC(C)N1CCC(CN(C)C(=O)c2ccc(-c3ccc(Cl)cc3Cl)nc2N2CCCC(Cc3ccc(C(=O)C(F)(F)F)c(N)n3)C2)CC1. The number of carbonyl (C=O) groups excluding carboxylic acids is 2. The second-order valence-corrected chi connectivity index (χ2v) is 14.0. The number of aromatic nitrogens is 2. The highest BCUT2D eigenvalue weighted by Gasteiger charge is 2.40. The van der Waals surface area contributed by atoms with Crippen molar-refractivity contribution < 1.29 is 22.8 Å². The molecule has 13 heteroatoms. The van der Waals surface area contributed by atoms with Crippen LogP contribution in [-0.2, 0) is 6.42 Å². The van der Waals surface area contributed by atoms with Crippen molar-refractivity contribution in [1.29, 1.82) is 0 Å². The van der Waals surface area contributed by atoms with E-state index in [1.54, 1.807) is 29.2 Å².